The second-order valence-electron chi connectivity index (χ2n) is 3.92. The number of carbonyl (C=O) groups excluding carboxylic acids is 1. The fourth-order valence-electron chi connectivity index (χ4n) is 1.28. The average molecular weight is 246 g/mol. The lowest BCUT2D eigenvalue weighted by Crippen LogP contribution is -2.41. The maximum absolute atomic E-state index is 11.6. The van der Waals surface area contributed by atoms with E-state index in [9.17, 15) is 4.79 Å². The largest absolute Gasteiger partial charge is 0.527 e. The van der Waals surface area contributed by atoms with Crippen LogP contribution < -0.4 is 0 Å². The zero-order chi connectivity index (χ0) is 12.6. The number of carbonyl (C=O) groups is 1. The van der Waals surface area contributed by atoms with Crippen molar-refractivity contribution in [2.75, 3.05) is 19.8 Å². The van der Waals surface area contributed by atoms with E-state index in [0.717, 1.165) is 5.57 Å². The highest BCUT2D eigenvalue weighted by Gasteiger charge is 2.34. The van der Waals surface area contributed by atoms with Crippen LogP contribution in [0.4, 0.5) is 0 Å². The molecule has 0 aromatic rings. The molecule has 1 atom stereocenters. The molecule has 0 spiro atoms. The van der Waals surface area contributed by atoms with Gasteiger partial charge in [0.15, 0.2) is 5.60 Å². The van der Waals surface area contributed by atoms with Gasteiger partial charge in [0.2, 0.25) is 10.5 Å². The van der Waals surface area contributed by atoms with Crippen LogP contribution in [0.15, 0.2) is 12.2 Å². The van der Waals surface area contributed by atoms with Gasteiger partial charge in [-0.1, -0.05) is 12.2 Å². The second kappa shape index (κ2) is 7.59. The van der Waals surface area contributed by atoms with Gasteiger partial charge in [-0.15, -0.1) is 0 Å². The zero-order valence-electron chi connectivity index (χ0n) is 10.7. The minimum absolute atomic E-state index is 0.306. The van der Waals surface area contributed by atoms with Gasteiger partial charge in [-0.2, -0.15) is 0 Å². The SMILES string of the molecule is C=C(C)COCCC(C)(OCC)C(=O)O[SiH3]. The summed E-state index contributed by atoms with van der Waals surface area (Å²) in [5, 5.41) is 0. The summed E-state index contributed by atoms with van der Waals surface area (Å²) < 4.78 is 15.6. The molecule has 0 aliphatic carbocycles. The first-order chi connectivity index (χ1) is 7.46. The number of rotatable bonds is 8. The molecule has 0 saturated carbocycles. The Morgan fingerprint density at radius 2 is 2.12 bits per heavy atom. The monoisotopic (exact) mass is 246 g/mol. The summed E-state index contributed by atoms with van der Waals surface area (Å²) in [4.78, 5) is 11.6. The fourth-order valence-corrected chi connectivity index (χ4v) is 1.71. The van der Waals surface area contributed by atoms with Gasteiger partial charge < -0.3 is 13.9 Å². The van der Waals surface area contributed by atoms with Crippen molar-refractivity contribution < 1.29 is 18.7 Å². The molecule has 5 heteroatoms. The van der Waals surface area contributed by atoms with Crippen LogP contribution in [0.2, 0.25) is 0 Å². The zero-order valence-corrected chi connectivity index (χ0v) is 12.7. The predicted octanol–water partition coefficient (Wildman–Crippen LogP) is 0.588. The Bertz CT molecular complexity index is 242. The van der Waals surface area contributed by atoms with Gasteiger partial charge in [0, 0.05) is 13.0 Å². The molecule has 94 valence electrons. The van der Waals surface area contributed by atoms with Crippen LogP contribution >= 0.6 is 0 Å². The Morgan fingerprint density at radius 1 is 1.50 bits per heavy atom. The molecule has 0 saturated heterocycles. The highest BCUT2D eigenvalue weighted by atomic mass is 28.2. The van der Waals surface area contributed by atoms with Gasteiger partial charge in [-0.25, -0.2) is 0 Å². The number of ether oxygens (including phenoxy) is 2. The van der Waals surface area contributed by atoms with Gasteiger partial charge in [-0.3, -0.25) is 4.79 Å². The summed E-state index contributed by atoms with van der Waals surface area (Å²) >= 11 is 0. The van der Waals surface area contributed by atoms with Gasteiger partial charge in [0.1, 0.15) is 0 Å². The first-order valence-electron chi connectivity index (χ1n) is 5.40. The second-order valence-corrected chi connectivity index (χ2v) is 4.32. The molecule has 0 aromatic carbocycles. The third-order valence-electron chi connectivity index (χ3n) is 2.15. The smallest absolute Gasteiger partial charge is 0.324 e. The van der Waals surface area contributed by atoms with Gasteiger partial charge in [-0.05, 0) is 20.8 Å². The molecule has 16 heavy (non-hydrogen) atoms. The van der Waals surface area contributed by atoms with Crippen LogP contribution in [0.3, 0.4) is 0 Å². The third kappa shape index (κ3) is 5.44. The van der Waals surface area contributed by atoms with Crippen LogP contribution in [-0.4, -0.2) is 41.9 Å². The summed E-state index contributed by atoms with van der Waals surface area (Å²) in [6.07, 6.45) is 0.495. The van der Waals surface area contributed by atoms with Crippen LogP contribution in [0.5, 0.6) is 0 Å². The van der Waals surface area contributed by atoms with E-state index in [4.69, 9.17) is 13.9 Å². The standard InChI is InChI=1S/C11H22O4Si/c1-5-14-11(4,10(12)15-16)6-7-13-8-9(2)3/h2,5-8H2,1,3-4,16H3. The molecule has 0 aliphatic heterocycles. The lowest BCUT2D eigenvalue weighted by molar-refractivity contribution is -0.162. The normalized spacial score (nSPS) is 14.4. The van der Waals surface area contributed by atoms with Crippen LogP contribution in [0.1, 0.15) is 27.2 Å². The summed E-state index contributed by atoms with van der Waals surface area (Å²) in [6.45, 7) is 10.7. The van der Waals surface area contributed by atoms with Crippen molar-refractivity contribution in [2.24, 2.45) is 0 Å². The Morgan fingerprint density at radius 3 is 2.56 bits per heavy atom. The topological polar surface area (TPSA) is 44.8 Å². The molecule has 0 rings (SSSR count). The lowest BCUT2D eigenvalue weighted by Gasteiger charge is -2.26. The Labute approximate surface area is 100 Å². The van der Waals surface area contributed by atoms with E-state index in [-0.39, 0.29) is 5.97 Å². The summed E-state index contributed by atoms with van der Waals surface area (Å²) in [7, 11) is 0.383. The molecule has 0 N–H and O–H groups in total. The number of hydrogen-bond acceptors (Lipinski definition) is 4. The molecule has 0 bridgehead atoms. The summed E-state index contributed by atoms with van der Waals surface area (Å²) in [5.74, 6) is -0.306. The van der Waals surface area contributed by atoms with Crippen molar-refractivity contribution in [2.45, 2.75) is 32.8 Å². The van der Waals surface area contributed by atoms with Crippen molar-refractivity contribution >= 4 is 16.5 Å². The van der Waals surface area contributed by atoms with Crippen molar-refractivity contribution in [3.63, 3.8) is 0 Å². The van der Waals surface area contributed by atoms with E-state index in [1.165, 1.54) is 0 Å². The fraction of sp³-hybridized carbons (Fsp3) is 0.727. The van der Waals surface area contributed by atoms with Crippen molar-refractivity contribution in [1.82, 2.24) is 0 Å². The van der Waals surface area contributed by atoms with E-state index in [2.05, 4.69) is 6.58 Å². The third-order valence-corrected chi connectivity index (χ3v) is 2.52. The maximum atomic E-state index is 11.6. The molecule has 1 unspecified atom stereocenters. The molecular weight excluding hydrogens is 224 g/mol. The molecule has 0 fully saturated rings. The van der Waals surface area contributed by atoms with E-state index < -0.39 is 5.60 Å². The predicted molar refractivity (Wildman–Crippen MR) is 66.3 cm³/mol. The van der Waals surface area contributed by atoms with E-state index in [1.807, 2.05) is 13.8 Å². The van der Waals surface area contributed by atoms with Crippen molar-refractivity contribution in [1.29, 1.82) is 0 Å². The quantitative estimate of drug-likeness (QED) is 0.357. The van der Waals surface area contributed by atoms with Crippen molar-refractivity contribution in [3.05, 3.63) is 12.2 Å². The first-order valence-corrected chi connectivity index (χ1v) is 6.22. The minimum atomic E-state index is -0.883. The van der Waals surface area contributed by atoms with Gasteiger partial charge >= 0.3 is 5.97 Å². The van der Waals surface area contributed by atoms with Crippen molar-refractivity contribution in [3.8, 4) is 0 Å². The van der Waals surface area contributed by atoms with E-state index in [0.29, 0.717) is 36.7 Å². The maximum Gasteiger partial charge on any atom is 0.324 e. The molecule has 0 aliphatic rings. The molecule has 0 radical (unpaired) electrons. The van der Waals surface area contributed by atoms with E-state index >= 15 is 0 Å². The van der Waals surface area contributed by atoms with Crippen LogP contribution in [0, 0.1) is 0 Å². The highest BCUT2D eigenvalue weighted by molar-refractivity contribution is 6.06. The van der Waals surface area contributed by atoms with Crippen LogP contribution in [0.25, 0.3) is 0 Å². The molecule has 0 heterocycles. The van der Waals surface area contributed by atoms with Gasteiger partial charge in [0.25, 0.3) is 0 Å². The first kappa shape index (κ1) is 15.3. The highest BCUT2D eigenvalue weighted by Crippen LogP contribution is 2.17. The molecule has 0 aromatic heterocycles. The molecule has 4 nitrogen and oxygen atoms in total. The Balaban J connectivity index is 4.12. The number of hydrogen-bond donors (Lipinski definition) is 0. The summed E-state index contributed by atoms with van der Waals surface area (Å²) in [5.41, 5.74) is 0.0783. The molecule has 0 amide bonds. The van der Waals surface area contributed by atoms with E-state index in [1.54, 1.807) is 6.92 Å². The van der Waals surface area contributed by atoms with Crippen LogP contribution in [-0.2, 0) is 18.7 Å². The lowest BCUT2D eigenvalue weighted by atomic mass is 10.0. The minimum Gasteiger partial charge on any atom is -0.527 e. The summed E-state index contributed by atoms with van der Waals surface area (Å²) in [6, 6.07) is 0. The molecular formula is C11H22O4Si. The van der Waals surface area contributed by atoms with Gasteiger partial charge in [0.05, 0.1) is 13.2 Å². The Hall–Kier alpha value is -0.653. The average Bonchev–Trinajstić information content (AvgIpc) is 2.23. The Kier molecular flexibility index (Phi) is 7.28.